The SMILES string of the molecule is Cn1c(=O)c(CC2COCCN2)cc2ccccc21. The maximum atomic E-state index is 12.4. The Balaban J connectivity index is 1.99. The lowest BCUT2D eigenvalue weighted by Gasteiger charge is -2.23. The van der Waals surface area contributed by atoms with Crippen LogP contribution in [0.25, 0.3) is 10.9 Å². The number of benzene rings is 1. The number of rotatable bonds is 2. The first-order chi connectivity index (χ1) is 9.25. The van der Waals surface area contributed by atoms with Gasteiger partial charge in [0.2, 0.25) is 0 Å². The zero-order valence-electron chi connectivity index (χ0n) is 11.1. The fourth-order valence-corrected chi connectivity index (χ4v) is 2.65. The number of pyridine rings is 1. The van der Waals surface area contributed by atoms with Crippen molar-refractivity contribution < 1.29 is 4.74 Å². The van der Waals surface area contributed by atoms with Gasteiger partial charge in [-0.25, -0.2) is 0 Å². The minimum atomic E-state index is 0.0890. The van der Waals surface area contributed by atoms with Crippen LogP contribution in [0.1, 0.15) is 5.56 Å². The van der Waals surface area contributed by atoms with E-state index in [1.807, 2.05) is 37.4 Å². The molecule has 4 heteroatoms. The van der Waals surface area contributed by atoms with Crippen LogP contribution in [-0.2, 0) is 18.2 Å². The summed E-state index contributed by atoms with van der Waals surface area (Å²) in [6.07, 6.45) is 0.720. The minimum Gasteiger partial charge on any atom is -0.379 e. The molecule has 0 aliphatic carbocycles. The van der Waals surface area contributed by atoms with Gasteiger partial charge in [-0.2, -0.15) is 0 Å². The smallest absolute Gasteiger partial charge is 0.254 e. The van der Waals surface area contributed by atoms with Crippen molar-refractivity contribution in [2.45, 2.75) is 12.5 Å². The summed E-state index contributed by atoms with van der Waals surface area (Å²) in [6, 6.07) is 10.2. The molecule has 1 aliphatic rings. The molecule has 0 saturated carbocycles. The highest BCUT2D eigenvalue weighted by Gasteiger charge is 2.16. The third-order valence-corrected chi connectivity index (χ3v) is 3.67. The zero-order chi connectivity index (χ0) is 13.2. The van der Waals surface area contributed by atoms with Gasteiger partial charge in [-0.3, -0.25) is 4.79 Å². The highest BCUT2D eigenvalue weighted by molar-refractivity contribution is 5.79. The van der Waals surface area contributed by atoms with Gasteiger partial charge in [0.05, 0.1) is 18.7 Å². The molecule has 4 nitrogen and oxygen atoms in total. The fourth-order valence-electron chi connectivity index (χ4n) is 2.65. The van der Waals surface area contributed by atoms with Crippen LogP contribution in [0.2, 0.25) is 0 Å². The van der Waals surface area contributed by atoms with Crippen LogP contribution in [0.5, 0.6) is 0 Å². The third kappa shape index (κ3) is 2.41. The van der Waals surface area contributed by atoms with Gasteiger partial charge < -0.3 is 14.6 Å². The number of morpholine rings is 1. The average molecular weight is 258 g/mol. The molecule has 1 aromatic heterocycles. The minimum absolute atomic E-state index is 0.0890. The first kappa shape index (κ1) is 12.4. The Hall–Kier alpha value is -1.65. The second-order valence-corrected chi connectivity index (χ2v) is 5.02. The van der Waals surface area contributed by atoms with E-state index in [0.717, 1.165) is 36.0 Å². The standard InChI is InChI=1S/C15H18N2O2/c1-17-14-5-3-2-4-11(14)8-12(15(17)18)9-13-10-19-7-6-16-13/h2-5,8,13,16H,6-7,9-10H2,1H3. The molecular formula is C15H18N2O2. The summed E-state index contributed by atoms with van der Waals surface area (Å²) in [5.74, 6) is 0. The van der Waals surface area contributed by atoms with Crippen LogP contribution in [0.4, 0.5) is 0 Å². The second-order valence-electron chi connectivity index (χ2n) is 5.02. The molecule has 1 fully saturated rings. The summed E-state index contributed by atoms with van der Waals surface area (Å²) in [5, 5.41) is 4.50. The van der Waals surface area contributed by atoms with Crippen molar-refractivity contribution in [3.63, 3.8) is 0 Å². The van der Waals surface area contributed by atoms with Crippen LogP contribution in [0, 0.1) is 0 Å². The van der Waals surface area contributed by atoms with Crippen molar-refractivity contribution >= 4 is 10.9 Å². The summed E-state index contributed by atoms with van der Waals surface area (Å²) in [7, 11) is 1.83. The lowest BCUT2D eigenvalue weighted by atomic mass is 10.0. The van der Waals surface area contributed by atoms with Gasteiger partial charge in [0.15, 0.2) is 0 Å². The number of nitrogens with zero attached hydrogens (tertiary/aromatic N) is 1. The molecule has 2 heterocycles. The molecular weight excluding hydrogens is 240 g/mol. The number of fused-ring (bicyclic) bond motifs is 1. The quantitative estimate of drug-likeness (QED) is 0.876. The van der Waals surface area contributed by atoms with E-state index in [2.05, 4.69) is 5.32 Å². The van der Waals surface area contributed by atoms with Crippen LogP contribution in [-0.4, -0.2) is 30.4 Å². The molecule has 1 N–H and O–H groups in total. The van der Waals surface area contributed by atoms with Crippen molar-refractivity contribution in [2.75, 3.05) is 19.8 Å². The summed E-state index contributed by atoms with van der Waals surface area (Å²) in [4.78, 5) is 12.4. The number of nitrogens with one attached hydrogen (secondary N) is 1. The van der Waals surface area contributed by atoms with Gasteiger partial charge >= 0.3 is 0 Å². The molecule has 0 amide bonds. The fraction of sp³-hybridized carbons (Fsp3) is 0.400. The number of hydrogen-bond donors (Lipinski definition) is 1. The third-order valence-electron chi connectivity index (χ3n) is 3.67. The van der Waals surface area contributed by atoms with Crippen LogP contribution in [0.3, 0.4) is 0 Å². The van der Waals surface area contributed by atoms with Crippen LogP contribution < -0.4 is 10.9 Å². The van der Waals surface area contributed by atoms with E-state index in [4.69, 9.17) is 4.74 Å². The van der Waals surface area contributed by atoms with Gasteiger partial charge in [-0.15, -0.1) is 0 Å². The zero-order valence-corrected chi connectivity index (χ0v) is 11.1. The molecule has 0 radical (unpaired) electrons. The topological polar surface area (TPSA) is 43.3 Å². The summed E-state index contributed by atoms with van der Waals surface area (Å²) < 4.78 is 7.17. The maximum Gasteiger partial charge on any atom is 0.254 e. The molecule has 2 aromatic rings. The number of para-hydroxylation sites is 1. The number of hydrogen-bond acceptors (Lipinski definition) is 3. The van der Waals surface area contributed by atoms with Crippen molar-refractivity contribution in [1.82, 2.24) is 9.88 Å². The van der Waals surface area contributed by atoms with Crippen LogP contribution >= 0.6 is 0 Å². The van der Waals surface area contributed by atoms with Crippen molar-refractivity contribution in [2.24, 2.45) is 7.05 Å². The molecule has 100 valence electrons. The molecule has 1 atom stereocenters. The maximum absolute atomic E-state index is 12.4. The van der Waals surface area contributed by atoms with E-state index in [1.54, 1.807) is 4.57 Å². The lowest BCUT2D eigenvalue weighted by molar-refractivity contribution is 0.0769. The van der Waals surface area contributed by atoms with Gasteiger partial charge in [0.1, 0.15) is 0 Å². The van der Waals surface area contributed by atoms with Gasteiger partial charge in [0, 0.05) is 25.2 Å². The molecule has 1 aliphatic heterocycles. The molecule has 19 heavy (non-hydrogen) atoms. The predicted molar refractivity (Wildman–Crippen MR) is 75.5 cm³/mol. The molecule has 0 bridgehead atoms. The van der Waals surface area contributed by atoms with E-state index in [0.29, 0.717) is 6.61 Å². The first-order valence-electron chi connectivity index (χ1n) is 6.64. The molecule has 1 aromatic carbocycles. The number of aromatic nitrogens is 1. The summed E-state index contributed by atoms with van der Waals surface area (Å²) in [6.45, 7) is 2.29. The van der Waals surface area contributed by atoms with Gasteiger partial charge in [-0.1, -0.05) is 18.2 Å². The van der Waals surface area contributed by atoms with E-state index >= 15 is 0 Å². The Morgan fingerprint density at radius 3 is 3.05 bits per heavy atom. The Labute approximate surface area is 112 Å². The van der Waals surface area contributed by atoms with Crippen molar-refractivity contribution in [1.29, 1.82) is 0 Å². The Morgan fingerprint density at radius 2 is 2.26 bits per heavy atom. The predicted octanol–water partition coefficient (Wildman–Crippen LogP) is 1.07. The second kappa shape index (κ2) is 5.15. The van der Waals surface area contributed by atoms with E-state index in [1.165, 1.54) is 0 Å². The summed E-state index contributed by atoms with van der Waals surface area (Å²) >= 11 is 0. The molecule has 1 saturated heterocycles. The Bertz CT molecular complexity index is 642. The number of aryl methyl sites for hydroxylation is 1. The van der Waals surface area contributed by atoms with Crippen molar-refractivity contribution in [3.05, 3.63) is 46.2 Å². The van der Waals surface area contributed by atoms with E-state index in [9.17, 15) is 4.79 Å². The molecule has 0 spiro atoms. The molecule has 3 rings (SSSR count). The Morgan fingerprint density at radius 1 is 1.42 bits per heavy atom. The largest absolute Gasteiger partial charge is 0.379 e. The number of ether oxygens (including phenoxy) is 1. The average Bonchev–Trinajstić information content (AvgIpc) is 2.46. The van der Waals surface area contributed by atoms with Gasteiger partial charge in [-0.05, 0) is 23.9 Å². The highest BCUT2D eigenvalue weighted by atomic mass is 16.5. The normalized spacial score (nSPS) is 19.7. The van der Waals surface area contributed by atoms with Gasteiger partial charge in [0.25, 0.3) is 5.56 Å². The lowest BCUT2D eigenvalue weighted by Crippen LogP contribution is -2.43. The van der Waals surface area contributed by atoms with E-state index < -0.39 is 0 Å². The molecule has 1 unspecified atom stereocenters. The van der Waals surface area contributed by atoms with E-state index in [-0.39, 0.29) is 11.6 Å². The monoisotopic (exact) mass is 258 g/mol. The highest BCUT2D eigenvalue weighted by Crippen LogP contribution is 2.13. The van der Waals surface area contributed by atoms with Crippen molar-refractivity contribution in [3.8, 4) is 0 Å². The Kier molecular flexibility index (Phi) is 3.36. The summed E-state index contributed by atoms with van der Waals surface area (Å²) in [5.41, 5.74) is 1.92. The first-order valence-corrected chi connectivity index (χ1v) is 6.64. The van der Waals surface area contributed by atoms with Crippen LogP contribution in [0.15, 0.2) is 35.1 Å².